The molecule has 0 unspecified atom stereocenters. The van der Waals surface area contributed by atoms with Crippen molar-refractivity contribution in [1.29, 1.82) is 5.26 Å². The standard InChI is InChI=1S/C24H18N4O4/c25-14-13-17-9-11-20(12-10-17)27-22(29)23(30)28-26-16-18-5-4-8-21(15-18)32-24(31)19-6-2-1-3-7-19/h1-12,15-16H,13H2,(H,27,29)(H,28,30)/b26-16+. The zero-order valence-corrected chi connectivity index (χ0v) is 16.8. The maximum Gasteiger partial charge on any atom is 0.343 e. The average molecular weight is 426 g/mol. The van der Waals surface area contributed by atoms with E-state index in [0.29, 0.717) is 22.6 Å². The van der Waals surface area contributed by atoms with E-state index >= 15 is 0 Å². The molecule has 2 amide bonds. The summed E-state index contributed by atoms with van der Waals surface area (Å²) in [4.78, 5) is 36.0. The molecule has 0 bridgehead atoms. The van der Waals surface area contributed by atoms with E-state index in [4.69, 9.17) is 10.00 Å². The van der Waals surface area contributed by atoms with E-state index < -0.39 is 17.8 Å². The zero-order valence-electron chi connectivity index (χ0n) is 16.8. The van der Waals surface area contributed by atoms with Crippen molar-refractivity contribution < 1.29 is 19.1 Å². The van der Waals surface area contributed by atoms with Gasteiger partial charge in [-0.3, -0.25) is 9.59 Å². The fraction of sp³-hybridized carbons (Fsp3) is 0.0417. The highest BCUT2D eigenvalue weighted by Gasteiger charge is 2.13. The number of anilines is 1. The molecule has 3 aromatic rings. The van der Waals surface area contributed by atoms with Crippen LogP contribution in [0.2, 0.25) is 0 Å². The topological polar surface area (TPSA) is 121 Å². The maximum absolute atomic E-state index is 12.1. The Balaban J connectivity index is 1.53. The van der Waals surface area contributed by atoms with Crippen LogP contribution < -0.4 is 15.5 Å². The predicted molar refractivity (Wildman–Crippen MR) is 118 cm³/mol. The van der Waals surface area contributed by atoms with Crippen molar-refractivity contribution in [3.63, 3.8) is 0 Å². The molecule has 3 rings (SSSR count). The maximum atomic E-state index is 12.1. The summed E-state index contributed by atoms with van der Waals surface area (Å²) in [7, 11) is 0. The number of benzene rings is 3. The molecule has 2 N–H and O–H groups in total. The van der Waals surface area contributed by atoms with Gasteiger partial charge in [-0.05, 0) is 47.5 Å². The van der Waals surface area contributed by atoms with E-state index in [9.17, 15) is 14.4 Å². The van der Waals surface area contributed by atoms with Crippen molar-refractivity contribution in [2.45, 2.75) is 6.42 Å². The number of nitrogens with one attached hydrogen (secondary N) is 2. The molecule has 3 aromatic carbocycles. The Labute approximate surface area is 184 Å². The summed E-state index contributed by atoms with van der Waals surface area (Å²) < 4.78 is 5.33. The molecule has 0 heterocycles. The Kier molecular flexibility index (Phi) is 7.43. The first-order valence-corrected chi connectivity index (χ1v) is 9.53. The smallest absolute Gasteiger partial charge is 0.343 e. The normalized spacial score (nSPS) is 10.2. The van der Waals surface area contributed by atoms with E-state index in [1.807, 2.05) is 6.07 Å². The van der Waals surface area contributed by atoms with E-state index in [1.165, 1.54) is 6.21 Å². The van der Waals surface area contributed by atoms with Crippen molar-refractivity contribution in [3.8, 4) is 11.8 Å². The summed E-state index contributed by atoms with van der Waals surface area (Å²) in [5.41, 5.74) is 4.33. The highest BCUT2D eigenvalue weighted by Crippen LogP contribution is 2.14. The minimum atomic E-state index is -0.950. The first-order chi connectivity index (χ1) is 15.5. The van der Waals surface area contributed by atoms with Gasteiger partial charge in [-0.2, -0.15) is 10.4 Å². The minimum absolute atomic E-state index is 0.260. The average Bonchev–Trinajstić information content (AvgIpc) is 2.81. The molecule has 0 aliphatic carbocycles. The third kappa shape index (κ3) is 6.37. The van der Waals surface area contributed by atoms with Crippen LogP contribution in [-0.2, 0) is 16.0 Å². The summed E-state index contributed by atoms with van der Waals surface area (Å²) in [6.07, 6.45) is 1.58. The van der Waals surface area contributed by atoms with Crippen molar-refractivity contribution in [2.24, 2.45) is 5.10 Å². The Morgan fingerprint density at radius 3 is 2.41 bits per heavy atom. The second-order valence-corrected chi connectivity index (χ2v) is 6.51. The second-order valence-electron chi connectivity index (χ2n) is 6.51. The highest BCUT2D eigenvalue weighted by atomic mass is 16.5. The number of rotatable bonds is 6. The first kappa shape index (κ1) is 21.9. The number of carbonyl (C=O) groups is 3. The lowest BCUT2D eigenvalue weighted by molar-refractivity contribution is -0.136. The van der Waals surface area contributed by atoms with E-state index in [0.717, 1.165) is 5.56 Å². The fourth-order valence-electron chi connectivity index (χ4n) is 2.60. The molecule has 32 heavy (non-hydrogen) atoms. The number of ether oxygens (including phenoxy) is 1. The third-order valence-electron chi connectivity index (χ3n) is 4.16. The second kappa shape index (κ2) is 10.8. The van der Waals surface area contributed by atoms with Gasteiger partial charge < -0.3 is 10.1 Å². The van der Waals surface area contributed by atoms with Gasteiger partial charge in [-0.15, -0.1) is 0 Å². The van der Waals surface area contributed by atoms with Crippen LogP contribution >= 0.6 is 0 Å². The number of hydrogen-bond donors (Lipinski definition) is 2. The SMILES string of the molecule is N#CCc1ccc(NC(=O)C(=O)N/N=C/c2cccc(OC(=O)c3ccccc3)c2)cc1. The summed E-state index contributed by atoms with van der Waals surface area (Å²) in [6.45, 7) is 0. The largest absolute Gasteiger partial charge is 0.423 e. The number of amides is 2. The van der Waals surface area contributed by atoms with Crippen LogP contribution in [0, 0.1) is 11.3 Å². The minimum Gasteiger partial charge on any atom is -0.423 e. The molecule has 0 fully saturated rings. The van der Waals surface area contributed by atoms with Crippen molar-refractivity contribution in [1.82, 2.24) is 5.43 Å². The van der Waals surface area contributed by atoms with Crippen LogP contribution in [0.15, 0.2) is 84.0 Å². The van der Waals surface area contributed by atoms with Gasteiger partial charge in [0.25, 0.3) is 0 Å². The van der Waals surface area contributed by atoms with Crippen molar-refractivity contribution in [3.05, 3.63) is 95.6 Å². The molecule has 0 spiro atoms. The molecular weight excluding hydrogens is 408 g/mol. The van der Waals surface area contributed by atoms with Crippen LogP contribution in [0.3, 0.4) is 0 Å². The molecule has 0 radical (unpaired) electrons. The summed E-state index contributed by atoms with van der Waals surface area (Å²) in [6, 6.07) is 23.7. The molecular formula is C24H18N4O4. The number of nitriles is 1. The monoisotopic (exact) mass is 426 g/mol. The van der Waals surface area contributed by atoms with Gasteiger partial charge in [0.2, 0.25) is 0 Å². The van der Waals surface area contributed by atoms with Crippen LogP contribution in [0.4, 0.5) is 5.69 Å². The number of hydrazone groups is 1. The Hall–Kier alpha value is -4.77. The number of carbonyl (C=O) groups excluding carboxylic acids is 3. The lowest BCUT2D eigenvalue weighted by atomic mass is 10.1. The first-order valence-electron chi connectivity index (χ1n) is 9.53. The molecule has 0 aliphatic rings. The predicted octanol–water partition coefficient (Wildman–Crippen LogP) is 3.06. The van der Waals surface area contributed by atoms with Gasteiger partial charge in [-0.25, -0.2) is 10.2 Å². The fourth-order valence-corrected chi connectivity index (χ4v) is 2.60. The zero-order chi connectivity index (χ0) is 22.8. The van der Waals surface area contributed by atoms with E-state index in [2.05, 4.69) is 15.8 Å². The summed E-state index contributed by atoms with van der Waals surface area (Å²) in [5, 5.41) is 14.9. The van der Waals surface area contributed by atoms with Crippen LogP contribution in [0.1, 0.15) is 21.5 Å². The van der Waals surface area contributed by atoms with Crippen LogP contribution in [0.25, 0.3) is 0 Å². The van der Waals surface area contributed by atoms with Gasteiger partial charge in [0.15, 0.2) is 0 Å². The van der Waals surface area contributed by atoms with Gasteiger partial charge in [0, 0.05) is 5.69 Å². The molecule has 0 saturated carbocycles. The quantitative estimate of drug-likeness (QED) is 0.206. The Morgan fingerprint density at radius 1 is 0.938 bits per heavy atom. The number of nitrogens with zero attached hydrogens (tertiary/aromatic N) is 2. The molecule has 0 aliphatic heterocycles. The van der Waals surface area contributed by atoms with Crippen molar-refractivity contribution in [2.75, 3.05) is 5.32 Å². The lowest BCUT2D eigenvalue weighted by Gasteiger charge is -2.05. The van der Waals surface area contributed by atoms with Gasteiger partial charge in [0.05, 0.1) is 24.3 Å². The molecule has 158 valence electrons. The highest BCUT2D eigenvalue weighted by molar-refractivity contribution is 6.39. The molecule has 0 aromatic heterocycles. The van der Waals surface area contributed by atoms with Crippen molar-refractivity contribution >= 4 is 29.7 Å². The van der Waals surface area contributed by atoms with E-state index in [1.54, 1.807) is 78.9 Å². The van der Waals surface area contributed by atoms with E-state index in [-0.39, 0.29) is 6.42 Å². The third-order valence-corrected chi connectivity index (χ3v) is 4.16. The molecule has 0 saturated heterocycles. The van der Waals surface area contributed by atoms with Gasteiger partial charge in [-0.1, -0.05) is 42.5 Å². The number of hydrogen-bond acceptors (Lipinski definition) is 6. The van der Waals surface area contributed by atoms with Gasteiger partial charge >= 0.3 is 17.8 Å². The molecule has 8 nitrogen and oxygen atoms in total. The van der Waals surface area contributed by atoms with Crippen LogP contribution in [-0.4, -0.2) is 24.0 Å². The molecule has 8 heteroatoms. The Bertz CT molecular complexity index is 1180. The lowest BCUT2D eigenvalue weighted by Crippen LogP contribution is -2.32. The van der Waals surface area contributed by atoms with Crippen LogP contribution in [0.5, 0.6) is 5.75 Å². The summed E-state index contributed by atoms with van der Waals surface area (Å²) in [5.74, 6) is -2.02. The Morgan fingerprint density at radius 2 is 1.69 bits per heavy atom. The number of esters is 1. The summed E-state index contributed by atoms with van der Waals surface area (Å²) >= 11 is 0. The molecule has 0 atom stereocenters. The van der Waals surface area contributed by atoms with Gasteiger partial charge in [0.1, 0.15) is 5.75 Å².